The molecule has 1 rings (SSSR count). The van der Waals surface area contributed by atoms with Crippen LogP contribution < -0.4 is 14.8 Å². The quantitative estimate of drug-likeness (QED) is 0.567. The first-order chi connectivity index (χ1) is 8.76. The van der Waals surface area contributed by atoms with Crippen LogP contribution in [-0.2, 0) is 4.79 Å². The molecule has 0 saturated carbocycles. The number of carbonyl (C=O) groups is 1. The Kier molecular flexibility index (Phi) is 6.40. The van der Waals surface area contributed by atoms with Crippen molar-refractivity contribution in [3.8, 4) is 11.5 Å². The van der Waals surface area contributed by atoms with Gasteiger partial charge in [-0.05, 0) is 43.2 Å². The van der Waals surface area contributed by atoms with Crippen molar-refractivity contribution >= 4 is 5.91 Å². The third-order valence-corrected chi connectivity index (χ3v) is 2.38. The number of amides is 1. The van der Waals surface area contributed by atoms with Crippen LogP contribution in [0.2, 0.25) is 0 Å². The second kappa shape index (κ2) is 8.17. The molecule has 1 aromatic rings. The van der Waals surface area contributed by atoms with E-state index in [0.29, 0.717) is 13.2 Å². The van der Waals surface area contributed by atoms with E-state index in [1.54, 1.807) is 7.11 Å². The molecule has 1 amide bonds. The highest BCUT2D eigenvalue weighted by Crippen LogP contribution is 2.17. The SMILES string of the molecule is C=CC(=O)NCCCCOc1ccc(OC)cc1. The molecule has 0 aliphatic heterocycles. The first-order valence-electron chi connectivity index (χ1n) is 5.93. The van der Waals surface area contributed by atoms with E-state index in [0.717, 1.165) is 24.3 Å². The minimum atomic E-state index is -0.133. The molecule has 0 atom stereocenters. The third-order valence-electron chi connectivity index (χ3n) is 2.38. The number of hydrogen-bond donors (Lipinski definition) is 1. The fourth-order valence-corrected chi connectivity index (χ4v) is 1.37. The van der Waals surface area contributed by atoms with Gasteiger partial charge in [0.2, 0.25) is 5.91 Å². The van der Waals surface area contributed by atoms with Crippen molar-refractivity contribution in [2.24, 2.45) is 0 Å². The average molecular weight is 249 g/mol. The standard InChI is InChI=1S/C14H19NO3/c1-3-14(16)15-10-4-5-11-18-13-8-6-12(17-2)7-9-13/h3,6-9H,1,4-5,10-11H2,2H3,(H,15,16). The molecule has 4 nitrogen and oxygen atoms in total. The van der Waals surface area contributed by atoms with Crippen molar-refractivity contribution < 1.29 is 14.3 Å². The highest BCUT2D eigenvalue weighted by molar-refractivity contribution is 5.86. The van der Waals surface area contributed by atoms with Gasteiger partial charge >= 0.3 is 0 Å². The number of unbranched alkanes of at least 4 members (excludes halogenated alkanes) is 1. The van der Waals surface area contributed by atoms with Crippen molar-refractivity contribution in [2.75, 3.05) is 20.3 Å². The molecule has 98 valence electrons. The van der Waals surface area contributed by atoms with E-state index in [4.69, 9.17) is 9.47 Å². The lowest BCUT2D eigenvalue weighted by Crippen LogP contribution is -2.22. The molecule has 0 unspecified atom stereocenters. The second-order valence-electron chi connectivity index (χ2n) is 3.73. The van der Waals surface area contributed by atoms with E-state index in [-0.39, 0.29) is 5.91 Å². The molecule has 0 heterocycles. The number of hydrogen-bond acceptors (Lipinski definition) is 3. The van der Waals surface area contributed by atoms with Gasteiger partial charge in [-0.1, -0.05) is 6.58 Å². The maximum atomic E-state index is 10.9. The lowest BCUT2D eigenvalue weighted by atomic mass is 10.3. The molecule has 0 aromatic heterocycles. The predicted octanol–water partition coefficient (Wildman–Crippen LogP) is 2.16. The van der Waals surface area contributed by atoms with Crippen molar-refractivity contribution in [2.45, 2.75) is 12.8 Å². The molecular weight excluding hydrogens is 230 g/mol. The first kappa shape index (κ1) is 14.1. The van der Waals surface area contributed by atoms with Crippen LogP contribution in [0.5, 0.6) is 11.5 Å². The lowest BCUT2D eigenvalue weighted by molar-refractivity contribution is -0.116. The Morgan fingerprint density at radius 2 is 1.94 bits per heavy atom. The lowest BCUT2D eigenvalue weighted by Gasteiger charge is -2.07. The molecule has 0 fully saturated rings. The summed E-state index contributed by atoms with van der Waals surface area (Å²) in [6.45, 7) is 4.67. The number of ether oxygens (including phenoxy) is 2. The molecular formula is C14H19NO3. The van der Waals surface area contributed by atoms with Crippen molar-refractivity contribution in [1.29, 1.82) is 0 Å². The van der Waals surface area contributed by atoms with Gasteiger partial charge in [-0.15, -0.1) is 0 Å². The summed E-state index contributed by atoms with van der Waals surface area (Å²) in [6, 6.07) is 7.47. The van der Waals surface area contributed by atoms with E-state index in [2.05, 4.69) is 11.9 Å². The van der Waals surface area contributed by atoms with Gasteiger partial charge < -0.3 is 14.8 Å². The van der Waals surface area contributed by atoms with E-state index < -0.39 is 0 Å². The Morgan fingerprint density at radius 3 is 2.56 bits per heavy atom. The molecule has 18 heavy (non-hydrogen) atoms. The third kappa shape index (κ3) is 5.39. The molecule has 0 saturated heterocycles. The van der Waals surface area contributed by atoms with Gasteiger partial charge in [-0.3, -0.25) is 4.79 Å². The number of methoxy groups -OCH3 is 1. The minimum absolute atomic E-state index is 0.133. The van der Waals surface area contributed by atoms with Crippen LogP contribution in [0.4, 0.5) is 0 Å². The molecule has 0 bridgehead atoms. The van der Waals surface area contributed by atoms with Crippen LogP contribution >= 0.6 is 0 Å². The fourth-order valence-electron chi connectivity index (χ4n) is 1.37. The van der Waals surface area contributed by atoms with E-state index in [1.807, 2.05) is 24.3 Å². The number of carbonyl (C=O) groups excluding carboxylic acids is 1. The molecule has 0 radical (unpaired) electrons. The highest BCUT2D eigenvalue weighted by atomic mass is 16.5. The highest BCUT2D eigenvalue weighted by Gasteiger charge is 1.96. The summed E-state index contributed by atoms with van der Waals surface area (Å²) in [5.74, 6) is 1.51. The van der Waals surface area contributed by atoms with Crippen molar-refractivity contribution in [3.63, 3.8) is 0 Å². The van der Waals surface area contributed by atoms with Gasteiger partial charge in [-0.2, -0.15) is 0 Å². The zero-order chi connectivity index (χ0) is 13.2. The van der Waals surface area contributed by atoms with Crippen molar-refractivity contribution in [3.05, 3.63) is 36.9 Å². The number of benzene rings is 1. The molecule has 4 heteroatoms. The topological polar surface area (TPSA) is 47.6 Å². The molecule has 1 aromatic carbocycles. The van der Waals surface area contributed by atoms with Gasteiger partial charge in [0.1, 0.15) is 11.5 Å². The van der Waals surface area contributed by atoms with E-state index >= 15 is 0 Å². The van der Waals surface area contributed by atoms with Crippen LogP contribution in [0.3, 0.4) is 0 Å². The summed E-state index contributed by atoms with van der Waals surface area (Å²) < 4.78 is 10.6. The predicted molar refractivity (Wildman–Crippen MR) is 70.9 cm³/mol. The Morgan fingerprint density at radius 1 is 1.28 bits per heavy atom. The normalized spacial score (nSPS) is 9.61. The van der Waals surface area contributed by atoms with Crippen LogP contribution in [0.25, 0.3) is 0 Å². The zero-order valence-corrected chi connectivity index (χ0v) is 10.6. The fraction of sp³-hybridized carbons (Fsp3) is 0.357. The second-order valence-corrected chi connectivity index (χ2v) is 3.73. The van der Waals surface area contributed by atoms with E-state index in [9.17, 15) is 4.79 Å². The van der Waals surface area contributed by atoms with Gasteiger partial charge in [0, 0.05) is 6.54 Å². The van der Waals surface area contributed by atoms with Crippen LogP contribution in [0, 0.1) is 0 Å². The summed E-state index contributed by atoms with van der Waals surface area (Å²) in [4.78, 5) is 10.9. The van der Waals surface area contributed by atoms with Crippen molar-refractivity contribution in [1.82, 2.24) is 5.32 Å². The van der Waals surface area contributed by atoms with E-state index in [1.165, 1.54) is 6.08 Å². The maximum Gasteiger partial charge on any atom is 0.243 e. The van der Waals surface area contributed by atoms with Gasteiger partial charge in [0.15, 0.2) is 0 Å². The first-order valence-corrected chi connectivity index (χ1v) is 5.93. The maximum absolute atomic E-state index is 10.9. The monoisotopic (exact) mass is 249 g/mol. The summed E-state index contributed by atoms with van der Waals surface area (Å²) in [5.41, 5.74) is 0. The molecule has 0 aliphatic carbocycles. The summed E-state index contributed by atoms with van der Waals surface area (Å²) in [6.07, 6.45) is 3.05. The Balaban J connectivity index is 2.10. The summed E-state index contributed by atoms with van der Waals surface area (Å²) >= 11 is 0. The smallest absolute Gasteiger partial charge is 0.243 e. The number of rotatable bonds is 8. The van der Waals surface area contributed by atoms with Gasteiger partial charge in [0.05, 0.1) is 13.7 Å². The van der Waals surface area contributed by atoms with Gasteiger partial charge in [0.25, 0.3) is 0 Å². The largest absolute Gasteiger partial charge is 0.497 e. The average Bonchev–Trinajstić information content (AvgIpc) is 2.43. The Labute approximate surface area is 108 Å². The number of nitrogens with one attached hydrogen (secondary N) is 1. The molecule has 0 spiro atoms. The minimum Gasteiger partial charge on any atom is -0.497 e. The van der Waals surface area contributed by atoms with Crippen LogP contribution in [0.15, 0.2) is 36.9 Å². The zero-order valence-electron chi connectivity index (χ0n) is 10.6. The Bertz CT molecular complexity index is 373. The Hall–Kier alpha value is -1.97. The summed E-state index contributed by atoms with van der Waals surface area (Å²) in [7, 11) is 1.63. The van der Waals surface area contributed by atoms with Crippen LogP contribution in [0.1, 0.15) is 12.8 Å². The van der Waals surface area contributed by atoms with Crippen LogP contribution in [-0.4, -0.2) is 26.2 Å². The summed E-state index contributed by atoms with van der Waals surface area (Å²) in [5, 5.41) is 2.72. The molecule has 1 N–H and O–H groups in total. The van der Waals surface area contributed by atoms with Gasteiger partial charge in [-0.25, -0.2) is 0 Å². The molecule has 0 aliphatic rings.